The minimum absolute atomic E-state index is 0.165. The SMILES string of the molecule is Cc1ccccc1NC(=O)c1cc2cc(Cl)ccc2oc1=N. The van der Waals surface area contributed by atoms with E-state index in [1.54, 1.807) is 24.3 Å². The van der Waals surface area contributed by atoms with Crippen molar-refractivity contribution in [2.75, 3.05) is 5.32 Å². The van der Waals surface area contributed by atoms with Crippen LogP contribution in [0.4, 0.5) is 5.69 Å². The van der Waals surface area contributed by atoms with Crippen LogP contribution in [0.2, 0.25) is 5.02 Å². The van der Waals surface area contributed by atoms with Crippen molar-refractivity contribution in [2.45, 2.75) is 6.92 Å². The van der Waals surface area contributed by atoms with Crippen LogP contribution in [-0.4, -0.2) is 5.91 Å². The number of amides is 1. The van der Waals surface area contributed by atoms with Gasteiger partial charge in [-0.25, -0.2) is 0 Å². The number of halogens is 1. The minimum atomic E-state index is -0.384. The third-order valence-electron chi connectivity index (χ3n) is 3.37. The molecule has 2 N–H and O–H groups in total. The second-order valence-electron chi connectivity index (χ2n) is 4.94. The Labute approximate surface area is 131 Å². The van der Waals surface area contributed by atoms with Gasteiger partial charge in [-0.1, -0.05) is 29.8 Å². The van der Waals surface area contributed by atoms with Crippen molar-refractivity contribution in [1.29, 1.82) is 5.41 Å². The number of rotatable bonds is 2. The molecule has 0 spiro atoms. The highest BCUT2D eigenvalue weighted by molar-refractivity contribution is 6.31. The zero-order chi connectivity index (χ0) is 15.7. The van der Waals surface area contributed by atoms with Crippen molar-refractivity contribution in [3.8, 4) is 0 Å². The van der Waals surface area contributed by atoms with Gasteiger partial charge in [0.2, 0.25) is 5.55 Å². The Morgan fingerprint density at radius 2 is 1.95 bits per heavy atom. The van der Waals surface area contributed by atoms with Gasteiger partial charge in [-0.3, -0.25) is 10.2 Å². The van der Waals surface area contributed by atoms with Gasteiger partial charge in [0, 0.05) is 16.1 Å². The molecule has 2 aromatic carbocycles. The Morgan fingerprint density at radius 1 is 1.18 bits per heavy atom. The Kier molecular flexibility index (Phi) is 3.69. The zero-order valence-corrected chi connectivity index (χ0v) is 12.6. The first kappa shape index (κ1) is 14.4. The molecule has 3 rings (SSSR count). The average molecular weight is 313 g/mol. The molecule has 0 bridgehead atoms. The maximum absolute atomic E-state index is 12.4. The average Bonchev–Trinajstić information content (AvgIpc) is 2.49. The van der Waals surface area contributed by atoms with Crippen LogP contribution >= 0.6 is 11.6 Å². The molecule has 0 unspecified atom stereocenters. The summed E-state index contributed by atoms with van der Waals surface area (Å²) in [7, 11) is 0. The van der Waals surface area contributed by atoms with Gasteiger partial charge >= 0.3 is 0 Å². The number of nitrogens with one attached hydrogen (secondary N) is 2. The molecule has 22 heavy (non-hydrogen) atoms. The van der Waals surface area contributed by atoms with Gasteiger partial charge in [0.15, 0.2) is 0 Å². The van der Waals surface area contributed by atoms with E-state index in [2.05, 4.69) is 5.32 Å². The fourth-order valence-electron chi connectivity index (χ4n) is 2.18. The molecule has 4 nitrogen and oxygen atoms in total. The highest BCUT2D eigenvalue weighted by Gasteiger charge is 2.13. The molecule has 0 saturated heterocycles. The number of aryl methyl sites for hydroxylation is 1. The molecular weight excluding hydrogens is 300 g/mol. The van der Waals surface area contributed by atoms with E-state index >= 15 is 0 Å². The maximum atomic E-state index is 12.4. The van der Waals surface area contributed by atoms with E-state index in [1.807, 2.05) is 31.2 Å². The number of fused-ring (bicyclic) bond motifs is 1. The van der Waals surface area contributed by atoms with E-state index in [0.717, 1.165) is 5.56 Å². The molecule has 110 valence electrons. The van der Waals surface area contributed by atoms with Crippen LogP contribution in [0, 0.1) is 12.3 Å². The van der Waals surface area contributed by atoms with Crippen molar-refractivity contribution in [1.82, 2.24) is 0 Å². The van der Waals surface area contributed by atoms with Crippen molar-refractivity contribution in [3.63, 3.8) is 0 Å². The lowest BCUT2D eigenvalue weighted by molar-refractivity contribution is 0.102. The predicted octanol–water partition coefficient (Wildman–Crippen LogP) is 4.13. The smallest absolute Gasteiger partial charge is 0.261 e. The molecule has 0 aliphatic heterocycles. The summed E-state index contributed by atoms with van der Waals surface area (Å²) in [5.41, 5.74) is 2.15. The van der Waals surface area contributed by atoms with E-state index in [4.69, 9.17) is 21.4 Å². The Balaban J connectivity index is 2.02. The molecule has 1 heterocycles. The van der Waals surface area contributed by atoms with Crippen molar-refractivity contribution >= 4 is 34.2 Å². The monoisotopic (exact) mass is 312 g/mol. The standard InChI is InChI=1S/C17H13ClN2O2/c1-10-4-2-3-5-14(10)20-17(21)13-9-11-8-12(18)6-7-15(11)22-16(13)19/h2-9,19H,1H3,(H,20,21). The second-order valence-corrected chi connectivity index (χ2v) is 5.38. The van der Waals surface area contributed by atoms with Crippen LogP contribution in [0.5, 0.6) is 0 Å². The van der Waals surface area contributed by atoms with Gasteiger partial charge in [0.1, 0.15) is 11.1 Å². The van der Waals surface area contributed by atoms with Gasteiger partial charge in [0.05, 0.1) is 0 Å². The third kappa shape index (κ3) is 2.73. The number of carbonyl (C=O) groups excluding carboxylic acids is 1. The van der Waals surface area contributed by atoms with E-state index in [0.29, 0.717) is 21.7 Å². The molecule has 0 radical (unpaired) electrons. The quantitative estimate of drug-likeness (QED) is 0.747. The molecular formula is C17H13ClN2O2. The molecule has 0 aliphatic carbocycles. The molecule has 1 aromatic heterocycles. The third-order valence-corrected chi connectivity index (χ3v) is 3.60. The summed E-state index contributed by atoms with van der Waals surface area (Å²) in [6.07, 6.45) is 0. The van der Waals surface area contributed by atoms with Crippen LogP contribution in [0.15, 0.2) is 52.9 Å². The van der Waals surface area contributed by atoms with Crippen LogP contribution in [0.3, 0.4) is 0 Å². The van der Waals surface area contributed by atoms with Crippen molar-refractivity contribution < 1.29 is 9.21 Å². The van der Waals surface area contributed by atoms with Crippen LogP contribution < -0.4 is 10.9 Å². The summed E-state index contributed by atoms with van der Waals surface area (Å²) in [6.45, 7) is 1.90. The lowest BCUT2D eigenvalue weighted by Crippen LogP contribution is -2.21. The fourth-order valence-corrected chi connectivity index (χ4v) is 2.36. The normalized spacial score (nSPS) is 10.6. The first-order valence-corrected chi connectivity index (χ1v) is 7.07. The Morgan fingerprint density at radius 3 is 2.73 bits per heavy atom. The summed E-state index contributed by atoms with van der Waals surface area (Å²) in [5, 5.41) is 11.9. The number of hydrogen-bond acceptors (Lipinski definition) is 3. The first-order chi connectivity index (χ1) is 10.5. The van der Waals surface area contributed by atoms with Crippen molar-refractivity contribution in [3.05, 3.63) is 70.2 Å². The Hall–Kier alpha value is -2.59. The molecule has 3 aromatic rings. The van der Waals surface area contributed by atoms with Gasteiger partial charge in [-0.05, 0) is 42.8 Å². The zero-order valence-electron chi connectivity index (χ0n) is 11.8. The second kappa shape index (κ2) is 5.66. The van der Waals surface area contributed by atoms with E-state index in [1.165, 1.54) is 0 Å². The highest BCUT2D eigenvalue weighted by atomic mass is 35.5. The molecule has 0 atom stereocenters. The van der Waals surface area contributed by atoms with Crippen LogP contribution in [0.1, 0.15) is 15.9 Å². The largest absolute Gasteiger partial charge is 0.438 e. The van der Waals surface area contributed by atoms with Gasteiger partial charge in [-0.2, -0.15) is 0 Å². The van der Waals surface area contributed by atoms with Crippen LogP contribution in [0.25, 0.3) is 11.0 Å². The topological polar surface area (TPSA) is 66.1 Å². The van der Waals surface area contributed by atoms with E-state index < -0.39 is 0 Å². The van der Waals surface area contributed by atoms with Gasteiger partial charge < -0.3 is 9.73 Å². The summed E-state index contributed by atoms with van der Waals surface area (Å²) in [5.74, 6) is -0.384. The van der Waals surface area contributed by atoms with Gasteiger partial charge in [-0.15, -0.1) is 0 Å². The number of hydrogen-bond donors (Lipinski definition) is 2. The fraction of sp³-hybridized carbons (Fsp3) is 0.0588. The predicted molar refractivity (Wildman–Crippen MR) is 86.2 cm³/mol. The van der Waals surface area contributed by atoms with E-state index in [9.17, 15) is 4.79 Å². The number of para-hydroxylation sites is 1. The van der Waals surface area contributed by atoms with E-state index in [-0.39, 0.29) is 17.0 Å². The Bertz CT molecular complexity index is 931. The first-order valence-electron chi connectivity index (χ1n) is 6.69. The van der Waals surface area contributed by atoms with Crippen molar-refractivity contribution in [2.24, 2.45) is 0 Å². The molecule has 0 saturated carbocycles. The number of anilines is 1. The molecule has 1 amide bonds. The molecule has 0 fully saturated rings. The summed E-state index contributed by atoms with van der Waals surface area (Å²) in [6, 6.07) is 14.1. The summed E-state index contributed by atoms with van der Waals surface area (Å²) in [4.78, 5) is 12.4. The lowest BCUT2D eigenvalue weighted by Gasteiger charge is -2.08. The van der Waals surface area contributed by atoms with Crippen LogP contribution in [-0.2, 0) is 0 Å². The van der Waals surface area contributed by atoms with Gasteiger partial charge in [0.25, 0.3) is 5.91 Å². The maximum Gasteiger partial charge on any atom is 0.261 e. The summed E-state index contributed by atoms with van der Waals surface area (Å²) >= 11 is 5.95. The highest BCUT2D eigenvalue weighted by Crippen LogP contribution is 2.20. The lowest BCUT2D eigenvalue weighted by atomic mass is 10.1. The molecule has 5 heteroatoms. The molecule has 0 aliphatic rings. The number of carbonyl (C=O) groups is 1. The minimum Gasteiger partial charge on any atom is -0.438 e. The summed E-state index contributed by atoms with van der Waals surface area (Å²) < 4.78 is 5.38. The number of benzene rings is 2.